The molecule has 2 nitrogen and oxygen atoms in total. The van der Waals surface area contributed by atoms with Crippen molar-refractivity contribution in [3.05, 3.63) is 11.6 Å². The lowest BCUT2D eigenvalue weighted by Crippen LogP contribution is -2.51. The van der Waals surface area contributed by atoms with E-state index in [1.165, 1.54) is 57.8 Å². The molecule has 5 unspecified atom stereocenters. The van der Waals surface area contributed by atoms with Gasteiger partial charge < -0.3 is 10.2 Å². The third kappa shape index (κ3) is 3.33. The maximum Gasteiger partial charge on any atom is 0.0657 e. The van der Waals surface area contributed by atoms with Gasteiger partial charge in [-0.15, -0.1) is 0 Å². The van der Waals surface area contributed by atoms with Crippen LogP contribution in [0, 0.1) is 34.5 Å². The molecule has 2 heteroatoms. The Kier molecular flexibility index (Phi) is 5.30. The molecular weight excluding hydrogens is 332 g/mol. The summed E-state index contributed by atoms with van der Waals surface area (Å²) in [5.41, 5.74) is 2.02. The molecule has 27 heavy (non-hydrogen) atoms. The van der Waals surface area contributed by atoms with E-state index in [-0.39, 0.29) is 0 Å². The van der Waals surface area contributed by atoms with E-state index >= 15 is 0 Å². The van der Waals surface area contributed by atoms with Gasteiger partial charge in [0, 0.05) is 6.61 Å². The van der Waals surface area contributed by atoms with Gasteiger partial charge in [0.2, 0.25) is 0 Å². The van der Waals surface area contributed by atoms with Crippen molar-refractivity contribution in [2.24, 2.45) is 34.5 Å². The molecule has 3 fully saturated rings. The number of fused-ring (bicyclic) bond motifs is 5. The van der Waals surface area contributed by atoms with Crippen LogP contribution in [0.4, 0.5) is 0 Å². The monoisotopic (exact) mass is 374 g/mol. The van der Waals surface area contributed by atoms with E-state index in [9.17, 15) is 5.11 Å². The summed E-state index contributed by atoms with van der Waals surface area (Å²) in [4.78, 5) is 0. The van der Waals surface area contributed by atoms with Gasteiger partial charge in [-0.1, -0.05) is 38.3 Å². The van der Waals surface area contributed by atoms with Crippen molar-refractivity contribution >= 4 is 0 Å². The van der Waals surface area contributed by atoms with E-state index in [1.807, 2.05) is 6.92 Å². The lowest BCUT2D eigenvalue weighted by molar-refractivity contribution is -0.0661. The number of hydrogen-bond donors (Lipinski definition) is 2. The predicted octanol–water partition coefficient (Wildman–Crippen LogP) is 5.87. The number of aliphatic hydroxyl groups excluding tert-OH is 1. The van der Waals surface area contributed by atoms with Gasteiger partial charge in [0.25, 0.3) is 0 Å². The van der Waals surface area contributed by atoms with Gasteiger partial charge in [-0.3, -0.25) is 0 Å². The molecule has 0 saturated heterocycles. The first-order valence-electron chi connectivity index (χ1n) is 11.8. The first-order valence-corrected chi connectivity index (χ1v) is 11.8. The molecular formula is C25H42O2. The molecule has 0 aliphatic heterocycles. The molecule has 4 aliphatic carbocycles. The molecule has 0 aromatic rings. The van der Waals surface area contributed by atoms with E-state index in [1.54, 1.807) is 5.57 Å². The van der Waals surface area contributed by atoms with Crippen molar-refractivity contribution in [2.45, 2.75) is 103 Å². The molecule has 7 atom stereocenters. The van der Waals surface area contributed by atoms with E-state index in [0.29, 0.717) is 17.4 Å². The Morgan fingerprint density at radius 2 is 1.78 bits per heavy atom. The minimum absolute atomic E-state index is 0.353. The van der Waals surface area contributed by atoms with Gasteiger partial charge in [-0.05, 0) is 106 Å². The van der Waals surface area contributed by atoms with E-state index in [4.69, 9.17) is 5.11 Å². The molecule has 2 N–H and O–H groups in total. The molecule has 4 rings (SSSR count). The highest BCUT2D eigenvalue weighted by atomic mass is 16.3. The van der Waals surface area contributed by atoms with Crippen molar-refractivity contribution < 1.29 is 10.2 Å². The van der Waals surface area contributed by atoms with Crippen LogP contribution in [0.3, 0.4) is 0 Å². The zero-order chi connectivity index (χ0) is 19.3. The average molecular weight is 375 g/mol. The quantitative estimate of drug-likeness (QED) is 0.467. The Morgan fingerprint density at radius 3 is 2.56 bits per heavy atom. The topological polar surface area (TPSA) is 40.5 Å². The summed E-state index contributed by atoms with van der Waals surface area (Å²) < 4.78 is 0. The Bertz CT molecular complexity index is 579. The van der Waals surface area contributed by atoms with E-state index in [2.05, 4.69) is 19.9 Å². The van der Waals surface area contributed by atoms with Crippen LogP contribution in [-0.2, 0) is 0 Å². The van der Waals surface area contributed by atoms with Crippen LogP contribution < -0.4 is 0 Å². The molecule has 0 spiro atoms. The first kappa shape index (κ1) is 20.0. The highest BCUT2D eigenvalue weighted by Gasteiger charge is 2.58. The van der Waals surface area contributed by atoms with E-state index in [0.717, 1.165) is 42.9 Å². The van der Waals surface area contributed by atoms with Gasteiger partial charge in [-0.25, -0.2) is 0 Å². The van der Waals surface area contributed by atoms with Gasteiger partial charge in [-0.2, -0.15) is 0 Å². The average Bonchev–Trinajstić information content (AvgIpc) is 2.96. The SMILES string of the molecule is CC12CC[C@](C)(O)CC1=CCC1C2CCC2(C)C1CC[C@@H]2CCCCCO. The highest BCUT2D eigenvalue weighted by Crippen LogP contribution is 2.67. The minimum Gasteiger partial charge on any atom is -0.396 e. The summed E-state index contributed by atoms with van der Waals surface area (Å²) in [5, 5.41) is 19.7. The number of allylic oxidation sites excluding steroid dienone is 1. The van der Waals surface area contributed by atoms with Crippen LogP contribution >= 0.6 is 0 Å². The maximum atomic E-state index is 10.6. The third-order valence-corrected chi connectivity index (χ3v) is 9.79. The van der Waals surface area contributed by atoms with Crippen molar-refractivity contribution in [1.82, 2.24) is 0 Å². The van der Waals surface area contributed by atoms with Crippen molar-refractivity contribution in [3.8, 4) is 0 Å². The normalized spacial score (nSPS) is 49.1. The van der Waals surface area contributed by atoms with Crippen LogP contribution in [0.15, 0.2) is 11.6 Å². The molecule has 0 aromatic heterocycles. The Hall–Kier alpha value is -0.340. The third-order valence-electron chi connectivity index (χ3n) is 9.79. The second-order valence-corrected chi connectivity index (χ2v) is 11.3. The Balaban J connectivity index is 1.50. The lowest BCUT2D eigenvalue weighted by atomic mass is 9.46. The second-order valence-electron chi connectivity index (χ2n) is 11.3. The molecule has 154 valence electrons. The molecule has 0 aromatic carbocycles. The zero-order valence-electron chi connectivity index (χ0n) is 18.0. The van der Waals surface area contributed by atoms with Crippen molar-refractivity contribution in [1.29, 1.82) is 0 Å². The van der Waals surface area contributed by atoms with Crippen LogP contribution in [0.5, 0.6) is 0 Å². The van der Waals surface area contributed by atoms with Crippen molar-refractivity contribution in [2.75, 3.05) is 6.61 Å². The lowest BCUT2D eigenvalue weighted by Gasteiger charge is -2.59. The highest BCUT2D eigenvalue weighted by molar-refractivity contribution is 5.26. The predicted molar refractivity (Wildman–Crippen MR) is 111 cm³/mol. The smallest absolute Gasteiger partial charge is 0.0657 e. The van der Waals surface area contributed by atoms with Crippen LogP contribution in [-0.4, -0.2) is 22.4 Å². The molecule has 0 amide bonds. The standard InChI is InChI=1S/C25H42O2/c1-23(27)14-15-25(3)19(17-23)8-10-20-21-11-9-18(7-5-4-6-16-26)24(21,2)13-12-22(20)25/h8,18,20-22,26-27H,4-7,9-17H2,1-3H3/t18-,20?,21?,22?,23-,24?,25?/m0/s1. The largest absolute Gasteiger partial charge is 0.396 e. The molecule has 0 radical (unpaired) electrons. The van der Waals surface area contributed by atoms with Gasteiger partial charge in [0.1, 0.15) is 0 Å². The molecule has 4 aliphatic rings. The zero-order valence-corrected chi connectivity index (χ0v) is 18.0. The summed E-state index contributed by atoms with van der Waals surface area (Å²) in [6.07, 6.45) is 17.5. The Labute approximate surface area is 166 Å². The summed E-state index contributed by atoms with van der Waals surface area (Å²) in [6.45, 7) is 7.56. The number of hydrogen-bond acceptors (Lipinski definition) is 2. The summed E-state index contributed by atoms with van der Waals surface area (Å²) in [6, 6.07) is 0. The number of unbranched alkanes of at least 4 members (excludes halogenated alkanes) is 2. The Morgan fingerprint density at radius 1 is 0.963 bits per heavy atom. The fraction of sp³-hybridized carbons (Fsp3) is 0.920. The van der Waals surface area contributed by atoms with Crippen LogP contribution in [0.25, 0.3) is 0 Å². The van der Waals surface area contributed by atoms with Gasteiger partial charge in [0.15, 0.2) is 0 Å². The fourth-order valence-electron chi connectivity index (χ4n) is 8.07. The van der Waals surface area contributed by atoms with Gasteiger partial charge >= 0.3 is 0 Å². The second kappa shape index (κ2) is 7.17. The summed E-state index contributed by atoms with van der Waals surface area (Å²) in [7, 11) is 0. The molecule has 0 heterocycles. The van der Waals surface area contributed by atoms with Crippen molar-refractivity contribution in [3.63, 3.8) is 0 Å². The fourth-order valence-corrected chi connectivity index (χ4v) is 8.07. The molecule has 0 bridgehead atoms. The first-order chi connectivity index (χ1) is 12.8. The van der Waals surface area contributed by atoms with Gasteiger partial charge in [0.05, 0.1) is 5.60 Å². The van der Waals surface area contributed by atoms with E-state index < -0.39 is 5.60 Å². The minimum atomic E-state index is -0.478. The number of aliphatic hydroxyl groups is 2. The van der Waals surface area contributed by atoms with Crippen LogP contribution in [0.1, 0.15) is 97.8 Å². The summed E-state index contributed by atoms with van der Waals surface area (Å²) in [5.74, 6) is 3.55. The summed E-state index contributed by atoms with van der Waals surface area (Å²) >= 11 is 0. The molecule has 3 saturated carbocycles. The number of rotatable bonds is 5. The van der Waals surface area contributed by atoms with Crippen LogP contribution in [0.2, 0.25) is 0 Å². The maximum absolute atomic E-state index is 10.6.